The van der Waals surface area contributed by atoms with E-state index in [4.69, 9.17) is 9.47 Å². The molecule has 0 bridgehead atoms. The fourth-order valence-electron chi connectivity index (χ4n) is 2.91. The number of nitrogens with zero attached hydrogens (tertiary/aromatic N) is 2. The van der Waals surface area contributed by atoms with Crippen LogP contribution in [-0.2, 0) is 11.3 Å². The maximum Gasteiger partial charge on any atom is 0.276 e. The molecule has 0 aliphatic heterocycles. The summed E-state index contributed by atoms with van der Waals surface area (Å²) in [6, 6.07) is 12.5. The van der Waals surface area contributed by atoms with Crippen molar-refractivity contribution in [2.45, 2.75) is 32.4 Å². The lowest BCUT2D eigenvalue weighted by Crippen LogP contribution is -2.36. The number of hydrogen-bond acceptors (Lipinski definition) is 5. The highest BCUT2D eigenvalue weighted by molar-refractivity contribution is 5.78. The summed E-state index contributed by atoms with van der Waals surface area (Å²) in [5.74, 6) is 1.00. The topological polar surface area (TPSA) is 81.9 Å². The molecule has 7 heteroatoms. The zero-order valence-electron chi connectivity index (χ0n) is 15.4. The fraction of sp³-hybridized carbons (Fsp3) is 0.350. The van der Waals surface area contributed by atoms with Gasteiger partial charge in [0.25, 0.3) is 11.6 Å². The number of hydrogen-bond donors (Lipinski definition) is 0. The Kier molecular flexibility index (Phi) is 5.59. The van der Waals surface area contributed by atoms with Gasteiger partial charge in [0.05, 0.1) is 17.6 Å². The Hall–Kier alpha value is -3.09. The predicted octanol–water partition coefficient (Wildman–Crippen LogP) is 3.48. The lowest BCUT2D eigenvalue weighted by atomic mass is 10.2. The highest BCUT2D eigenvalue weighted by atomic mass is 16.6. The molecule has 7 nitrogen and oxygen atoms in total. The largest absolute Gasteiger partial charge is 0.497 e. The molecule has 0 atom stereocenters. The number of benzene rings is 2. The average molecular weight is 370 g/mol. The number of rotatable bonds is 8. The first kappa shape index (κ1) is 18.7. The van der Waals surface area contributed by atoms with Crippen molar-refractivity contribution >= 4 is 11.6 Å². The van der Waals surface area contributed by atoms with Gasteiger partial charge in [0.15, 0.2) is 6.61 Å². The molecule has 0 aromatic heterocycles. The van der Waals surface area contributed by atoms with Crippen LogP contribution in [0, 0.1) is 17.0 Å². The van der Waals surface area contributed by atoms with Crippen molar-refractivity contribution in [3.05, 3.63) is 63.7 Å². The van der Waals surface area contributed by atoms with Crippen molar-refractivity contribution in [2.75, 3.05) is 13.7 Å². The monoisotopic (exact) mass is 370 g/mol. The van der Waals surface area contributed by atoms with Crippen molar-refractivity contribution in [1.82, 2.24) is 4.90 Å². The summed E-state index contributed by atoms with van der Waals surface area (Å²) in [6.45, 7) is 1.98. The Labute approximate surface area is 157 Å². The third-order valence-electron chi connectivity index (χ3n) is 4.62. The minimum Gasteiger partial charge on any atom is -0.497 e. The van der Waals surface area contributed by atoms with Gasteiger partial charge in [0.1, 0.15) is 11.5 Å². The number of methoxy groups -OCH3 is 1. The van der Waals surface area contributed by atoms with E-state index in [1.165, 1.54) is 6.07 Å². The molecular weight excluding hydrogens is 348 g/mol. The molecule has 0 heterocycles. The fourth-order valence-corrected chi connectivity index (χ4v) is 2.91. The summed E-state index contributed by atoms with van der Waals surface area (Å²) in [4.78, 5) is 25.1. The van der Waals surface area contributed by atoms with Crippen molar-refractivity contribution in [2.24, 2.45) is 0 Å². The van der Waals surface area contributed by atoms with E-state index in [1.54, 1.807) is 26.2 Å². The van der Waals surface area contributed by atoms with Crippen LogP contribution in [0.15, 0.2) is 42.5 Å². The van der Waals surface area contributed by atoms with E-state index < -0.39 is 4.92 Å². The van der Waals surface area contributed by atoms with Crippen LogP contribution < -0.4 is 9.47 Å². The van der Waals surface area contributed by atoms with Gasteiger partial charge in [-0.15, -0.1) is 0 Å². The molecule has 2 aromatic carbocycles. The second kappa shape index (κ2) is 8.07. The van der Waals surface area contributed by atoms with E-state index >= 15 is 0 Å². The SMILES string of the molecule is COc1ccc(CN(C(=O)COc2cccc([N+](=O)[O-])c2C)C2CC2)cc1. The molecule has 27 heavy (non-hydrogen) atoms. The first-order valence-electron chi connectivity index (χ1n) is 8.79. The second-order valence-corrected chi connectivity index (χ2v) is 6.55. The Bertz CT molecular complexity index is 831. The van der Waals surface area contributed by atoms with E-state index in [-0.39, 0.29) is 24.2 Å². The van der Waals surface area contributed by atoms with E-state index in [9.17, 15) is 14.9 Å². The Balaban J connectivity index is 1.66. The highest BCUT2D eigenvalue weighted by Gasteiger charge is 2.32. The lowest BCUT2D eigenvalue weighted by Gasteiger charge is -2.23. The second-order valence-electron chi connectivity index (χ2n) is 6.55. The number of carbonyl (C=O) groups is 1. The van der Waals surface area contributed by atoms with Crippen LogP contribution in [0.5, 0.6) is 11.5 Å². The summed E-state index contributed by atoms with van der Waals surface area (Å²) in [5.41, 5.74) is 1.42. The van der Waals surface area contributed by atoms with Gasteiger partial charge < -0.3 is 14.4 Å². The number of nitro groups is 1. The smallest absolute Gasteiger partial charge is 0.276 e. The van der Waals surface area contributed by atoms with Gasteiger partial charge >= 0.3 is 0 Å². The molecular formula is C20H22N2O5. The summed E-state index contributed by atoms with van der Waals surface area (Å²) in [6.07, 6.45) is 1.97. The van der Waals surface area contributed by atoms with Crippen LogP contribution in [0.4, 0.5) is 5.69 Å². The summed E-state index contributed by atoms with van der Waals surface area (Å²) in [7, 11) is 1.61. The maximum atomic E-state index is 12.7. The minimum atomic E-state index is -0.454. The molecule has 142 valence electrons. The first-order valence-corrected chi connectivity index (χ1v) is 8.79. The predicted molar refractivity (Wildman–Crippen MR) is 99.9 cm³/mol. The van der Waals surface area contributed by atoms with Crippen LogP contribution in [0.2, 0.25) is 0 Å². The van der Waals surface area contributed by atoms with Crippen molar-refractivity contribution < 1.29 is 19.2 Å². The van der Waals surface area contributed by atoms with Gasteiger partial charge in [-0.1, -0.05) is 18.2 Å². The Morgan fingerprint density at radius 2 is 1.93 bits per heavy atom. The van der Waals surface area contributed by atoms with Crippen molar-refractivity contribution in [3.63, 3.8) is 0 Å². The first-order chi connectivity index (χ1) is 13.0. The normalized spacial score (nSPS) is 13.1. The number of ether oxygens (including phenoxy) is 2. The molecule has 1 saturated carbocycles. The van der Waals surface area contributed by atoms with Crippen LogP contribution >= 0.6 is 0 Å². The van der Waals surface area contributed by atoms with Gasteiger partial charge in [-0.3, -0.25) is 14.9 Å². The molecule has 0 N–H and O–H groups in total. The summed E-state index contributed by atoms with van der Waals surface area (Å²) < 4.78 is 10.8. The highest BCUT2D eigenvalue weighted by Crippen LogP contribution is 2.30. The minimum absolute atomic E-state index is 0.0165. The molecule has 0 saturated heterocycles. The maximum absolute atomic E-state index is 12.7. The van der Waals surface area contributed by atoms with E-state index in [2.05, 4.69) is 0 Å². The lowest BCUT2D eigenvalue weighted by molar-refractivity contribution is -0.385. The molecule has 0 spiro atoms. The standard InChI is InChI=1S/C20H22N2O5/c1-14-18(22(24)25)4-3-5-19(14)27-13-20(23)21(16-8-9-16)12-15-6-10-17(26-2)11-7-15/h3-7,10-11,16H,8-9,12-13H2,1-2H3. The summed E-state index contributed by atoms with van der Waals surface area (Å²) in [5, 5.41) is 11.0. The quantitative estimate of drug-likeness (QED) is 0.525. The van der Waals surface area contributed by atoms with Crippen LogP contribution in [0.25, 0.3) is 0 Å². The van der Waals surface area contributed by atoms with Crippen molar-refractivity contribution in [1.29, 1.82) is 0 Å². The van der Waals surface area contributed by atoms with Crippen molar-refractivity contribution in [3.8, 4) is 11.5 Å². The summed E-state index contributed by atoms with van der Waals surface area (Å²) >= 11 is 0. The zero-order chi connectivity index (χ0) is 19.4. The van der Waals surface area contributed by atoms with Crippen LogP contribution in [0.1, 0.15) is 24.0 Å². The van der Waals surface area contributed by atoms with Gasteiger partial charge in [-0.25, -0.2) is 0 Å². The molecule has 0 radical (unpaired) electrons. The average Bonchev–Trinajstić information content (AvgIpc) is 3.50. The van der Waals surface area contributed by atoms with Gasteiger partial charge in [0.2, 0.25) is 0 Å². The third-order valence-corrected chi connectivity index (χ3v) is 4.62. The number of amides is 1. The molecule has 2 aromatic rings. The zero-order valence-corrected chi connectivity index (χ0v) is 15.4. The van der Waals surface area contributed by atoms with Crippen LogP contribution in [0.3, 0.4) is 0 Å². The van der Waals surface area contributed by atoms with Gasteiger partial charge in [-0.2, -0.15) is 0 Å². The molecule has 0 unspecified atom stereocenters. The molecule has 1 aliphatic carbocycles. The third kappa shape index (κ3) is 4.55. The number of nitro benzene ring substituents is 1. The van der Waals surface area contributed by atoms with E-state index in [0.717, 1.165) is 24.2 Å². The Morgan fingerprint density at radius 3 is 2.52 bits per heavy atom. The van der Waals surface area contributed by atoms with E-state index in [1.807, 2.05) is 29.2 Å². The molecule has 3 rings (SSSR count). The molecule has 1 amide bonds. The Morgan fingerprint density at radius 1 is 1.22 bits per heavy atom. The molecule has 1 aliphatic rings. The molecule has 1 fully saturated rings. The van der Waals surface area contributed by atoms with Crippen LogP contribution in [-0.4, -0.2) is 35.5 Å². The number of carbonyl (C=O) groups excluding carboxylic acids is 1. The van der Waals surface area contributed by atoms with Gasteiger partial charge in [-0.05, 0) is 43.5 Å². The van der Waals surface area contributed by atoms with Gasteiger partial charge in [0, 0.05) is 18.7 Å². The van der Waals surface area contributed by atoms with E-state index in [0.29, 0.717) is 17.9 Å².